The summed E-state index contributed by atoms with van der Waals surface area (Å²) in [5.41, 5.74) is 3.09. The first-order valence-electron chi connectivity index (χ1n) is 5.01. The Morgan fingerprint density at radius 3 is 3.06 bits per heavy atom. The van der Waals surface area contributed by atoms with E-state index in [4.69, 9.17) is 22.0 Å². The Bertz CT molecular complexity index is 605. The van der Waals surface area contributed by atoms with Gasteiger partial charge in [-0.15, -0.1) is 6.42 Å². The first-order valence-corrected chi connectivity index (χ1v) is 5.01. The molecule has 0 aliphatic carbocycles. The van der Waals surface area contributed by atoms with Crippen LogP contribution in [0.1, 0.15) is 6.23 Å². The number of terminal acetylenes is 1. The van der Waals surface area contributed by atoms with E-state index in [-0.39, 0.29) is 0 Å². The Morgan fingerprint density at radius 1 is 1.78 bits per heavy atom. The van der Waals surface area contributed by atoms with Crippen LogP contribution in [0.4, 0.5) is 10.2 Å². The molecule has 1 aliphatic heterocycles. The van der Waals surface area contributed by atoms with E-state index < -0.39 is 35.8 Å². The summed E-state index contributed by atoms with van der Waals surface area (Å²) in [7, 11) is 0. The third kappa shape index (κ3) is 1.88. The van der Waals surface area contributed by atoms with E-state index in [2.05, 4.69) is 10.9 Å². The summed E-state index contributed by atoms with van der Waals surface area (Å²) in [6.45, 7) is -0.448. The Kier molecular flexibility index (Phi) is 2.90. The van der Waals surface area contributed by atoms with Crippen LogP contribution in [-0.2, 0) is 4.74 Å². The molecule has 0 fully saturated rings. The Morgan fingerprint density at radius 2 is 2.50 bits per heavy atom. The average molecular weight is 251 g/mol. The monoisotopic (exact) mass is 251 g/mol. The summed E-state index contributed by atoms with van der Waals surface area (Å²) in [5, 5.41) is 9.13. The highest BCUT2D eigenvalue weighted by Gasteiger charge is 2.34. The van der Waals surface area contributed by atoms with Gasteiger partial charge < -0.3 is 15.6 Å². The molecule has 0 spiro atoms. The van der Waals surface area contributed by atoms with E-state index in [1.54, 1.807) is 0 Å². The van der Waals surface area contributed by atoms with Crippen molar-refractivity contribution in [3.63, 3.8) is 0 Å². The lowest BCUT2D eigenvalue weighted by Crippen LogP contribution is -2.34. The third-order valence-electron chi connectivity index (χ3n) is 2.55. The third-order valence-corrected chi connectivity index (χ3v) is 2.55. The fourth-order valence-electron chi connectivity index (χ4n) is 1.54. The van der Waals surface area contributed by atoms with Crippen LogP contribution < -0.4 is 11.4 Å². The molecule has 0 radical (unpaired) electrons. The van der Waals surface area contributed by atoms with Gasteiger partial charge in [-0.05, 0) is 12.2 Å². The van der Waals surface area contributed by atoms with E-state index in [1.165, 1.54) is 12.2 Å². The molecule has 94 valence electrons. The van der Waals surface area contributed by atoms with Gasteiger partial charge in [-0.25, -0.2) is 9.18 Å². The van der Waals surface area contributed by atoms with Crippen LogP contribution in [0.25, 0.3) is 0 Å². The number of aromatic nitrogens is 2. The van der Waals surface area contributed by atoms with Crippen molar-refractivity contribution in [2.24, 2.45) is 0 Å². The van der Waals surface area contributed by atoms with Crippen molar-refractivity contribution in [2.45, 2.75) is 11.8 Å². The molecule has 2 rings (SSSR count). The summed E-state index contributed by atoms with van der Waals surface area (Å²) in [4.78, 5) is 14.8. The van der Waals surface area contributed by atoms with Crippen LogP contribution in [0.2, 0.25) is 0 Å². The van der Waals surface area contributed by atoms with Gasteiger partial charge in [0.25, 0.3) is 0 Å². The lowest BCUT2D eigenvalue weighted by Gasteiger charge is -2.21. The molecule has 0 saturated carbocycles. The van der Waals surface area contributed by atoms with Crippen LogP contribution >= 0.6 is 0 Å². The van der Waals surface area contributed by atoms with Crippen molar-refractivity contribution in [1.82, 2.24) is 9.55 Å². The molecule has 0 amide bonds. The maximum atomic E-state index is 13.3. The molecule has 0 bridgehead atoms. The quantitative estimate of drug-likeness (QED) is 0.542. The predicted octanol–water partition coefficient (Wildman–Crippen LogP) is -0.586. The molecular weight excluding hydrogens is 241 g/mol. The van der Waals surface area contributed by atoms with Crippen molar-refractivity contribution in [3.05, 3.63) is 34.7 Å². The average Bonchev–Trinajstić information content (AvgIpc) is 2.79. The fourth-order valence-corrected chi connectivity index (χ4v) is 1.54. The summed E-state index contributed by atoms with van der Waals surface area (Å²) in [6, 6.07) is 0. The number of ether oxygens (including phenoxy) is 1. The van der Waals surface area contributed by atoms with Crippen LogP contribution in [0.15, 0.2) is 23.1 Å². The van der Waals surface area contributed by atoms with Gasteiger partial charge in [0.2, 0.25) is 0 Å². The summed E-state index contributed by atoms with van der Waals surface area (Å²) >= 11 is 0. The fraction of sp³-hybridized carbons (Fsp3) is 0.273. The van der Waals surface area contributed by atoms with Gasteiger partial charge in [0.1, 0.15) is 0 Å². The minimum Gasteiger partial charge on any atom is -0.392 e. The number of rotatable bonds is 2. The molecule has 1 aliphatic rings. The van der Waals surface area contributed by atoms with Crippen molar-refractivity contribution in [1.29, 1.82) is 0 Å². The lowest BCUT2D eigenvalue weighted by atomic mass is 10.1. The standard InChI is InChI=1S/C11H10FN3O3/c1-2-11(6-16)4-3-8(18-11)15-5-7(12)9(13)14-10(15)17/h1,3-5,8,16H,6H2,(H2,13,14,17)/t8-,11+/m0/s1. The number of aliphatic hydroxyl groups excluding tert-OH is 1. The van der Waals surface area contributed by atoms with Gasteiger partial charge in [0.15, 0.2) is 23.5 Å². The highest BCUT2D eigenvalue weighted by Crippen LogP contribution is 2.28. The molecule has 0 unspecified atom stereocenters. The van der Waals surface area contributed by atoms with Gasteiger partial charge in [-0.2, -0.15) is 4.98 Å². The number of hydrogen-bond acceptors (Lipinski definition) is 5. The number of halogens is 1. The van der Waals surface area contributed by atoms with E-state index in [1.807, 2.05) is 0 Å². The maximum Gasteiger partial charge on any atom is 0.352 e. The second-order valence-electron chi connectivity index (χ2n) is 3.72. The summed E-state index contributed by atoms with van der Waals surface area (Å²) < 4.78 is 19.5. The molecule has 18 heavy (non-hydrogen) atoms. The van der Waals surface area contributed by atoms with Crippen molar-refractivity contribution >= 4 is 5.82 Å². The predicted molar refractivity (Wildman–Crippen MR) is 60.8 cm³/mol. The number of aliphatic hydroxyl groups is 1. The van der Waals surface area contributed by atoms with E-state index in [0.29, 0.717) is 0 Å². The molecule has 1 aromatic rings. The second kappa shape index (κ2) is 4.25. The highest BCUT2D eigenvalue weighted by molar-refractivity contribution is 5.28. The molecule has 2 atom stereocenters. The van der Waals surface area contributed by atoms with Gasteiger partial charge in [-0.1, -0.05) is 5.92 Å². The zero-order valence-electron chi connectivity index (χ0n) is 9.21. The largest absolute Gasteiger partial charge is 0.392 e. The molecule has 0 saturated heterocycles. The minimum absolute atomic E-state index is 0.448. The van der Waals surface area contributed by atoms with Gasteiger partial charge in [0.05, 0.1) is 12.8 Å². The van der Waals surface area contributed by atoms with Gasteiger partial charge in [0, 0.05) is 0 Å². The van der Waals surface area contributed by atoms with Crippen molar-refractivity contribution < 1.29 is 14.2 Å². The first kappa shape index (κ1) is 12.3. The lowest BCUT2D eigenvalue weighted by molar-refractivity contribution is -0.0504. The molecular formula is C11H10FN3O3. The van der Waals surface area contributed by atoms with Crippen LogP contribution in [0.5, 0.6) is 0 Å². The number of nitrogens with zero attached hydrogens (tertiary/aromatic N) is 2. The SMILES string of the molecule is C#C[C@]1(CO)C=C[C@@H](n2cc(F)c(N)nc2=O)O1. The number of nitrogens with two attached hydrogens (primary N) is 1. The van der Waals surface area contributed by atoms with E-state index in [9.17, 15) is 9.18 Å². The summed E-state index contributed by atoms with van der Waals surface area (Å²) in [5.74, 6) is 0.937. The molecule has 3 N–H and O–H groups in total. The maximum absolute atomic E-state index is 13.3. The van der Waals surface area contributed by atoms with Crippen molar-refractivity contribution in [3.8, 4) is 12.3 Å². The van der Waals surface area contributed by atoms with Gasteiger partial charge >= 0.3 is 5.69 Å². The molecule has 6 nitrogen and oxygen atoms in total. The Balaban J connectivity index is 2.38. The number of nitrogen functional groups attached to an aromatic ring is 1. The zero-order valence-corrected chi connectivity index (χ0v) is 9.21. The van der Waals surface area contributed by atoms with Crippen molar-refractivity contribution in [2.75, 3.05) is 12.3 Å². The Hall–Kier alpha value is -2.17. The first-order chi connectivity index (χ1) is 8.51. The molecule has 0 aromatic carbocycles. The molecule has 1 aromatic heterocycles. The normalized spacial score (nSPS) is 26.2. The smallest absolute Gasteiger partial charge is 0.352 e. The van der Waals surface area contributed by atoms with E-state index in [0.717, 1.165) is 10.8 Å². The number of hydrogen-bond donors (Lipinski definition) is 2. The minimum atomic E-state index is -1.30. The molecule has 7 heteroatoms. The zero-order chi connectivity index (χ0) is 13.3. The van der Waals surface area contributed by atoms with Crippen LogP contribution in [-0.4, -0.2) is 26.9 Å². The van der Waals surface area contributed by atoms with Gasteiger partial charge in [-0.3, -0.25) is 4.57 Å². The second-order valence-corrected chi connectivity index (χ2v) is 3.72. The number of anilines is 1. The molecule has 2 heterocycles. The van der Waals surface area contributed by atoms with E-state index >= 15 is 0 Å². The topological polar surface area (TPSA) is 90.4 Å². The van der Waals surface area contributed by atoms with Crippen LogP contribution in [0, 0.1) is 18.2 Å². The Labute approximate surface area is 102 Å². The van der Waals surface area contributed by atoms with Crippen LogP contribution in [0.3, 0.4) is 0 Å². The highest BCUT2D eigenvalue weighted by atomic mass is 19.1. The summed E-state index contributed by atoms with van der Waals surface area (Å²) in [6.07, 6.45) is 8.05.